The molecule has 0 aliphatic carbocycles. The fraction of sp³-hybridized carbons (Fsp3) is 0.474. The number of hydrogen-bond donors (Lipinski definition) is 1. The van der Waals surface area contributed by atoms with Crippen LogP contribution in [0.5, 0.6) is 0 Å². The van der Waals surface area contributed by atoms with Crippen molar-refractivity contribution in [3.8, 4) is 0 Å². The van der Waals surface area contributed by atoms with E-state index in [4.69, 9.17) is 0 Å². The Morgan fingerprint density at radius 2 is 1.80 bits per heavy atom. The zero-order valence-corrected chi connectivity index (χ0v) is 15.3. The molecule has 1 saturated heterocycles. The first-order chi connectivity index (χ1) is 12.0. The summed E-state index contributed by atoms with van der Waals surface area (Å²) in [7, 11) is 2.17. The van der Waals surface area contributed by atoms with Crippen LogP contribution in [-0.2, 0) is 17.9 Å². The van der Waals surface area contributed by atoms with Gasteiger partial charge >= 0.3 is 0 Å². The Bertz CT molecular complexity index is 714. The molecule has 2 aromatic rings. The average Bonchev–Trinajstić information content (AvgIpc) is 2.89. The van der Waals surface area contributed by atoms with Crippen LogP contribution in [0.15, 0.2) is 30.3 Å². The molecule has 3 rings (SSSR count). The quantitative estimate of drug-likeness (QED) is 0.902. The van der Waals surface area contributed by atoms with Crippen LogP contribution < -0.4 is 5.32 Å². The molecule has 1 aliphatic heterocycles. The van der Waals surface area contributed by atoms with E-state index in [1.165, 1.54) is 5.56 Å². The molecule has 6 heteroatoms. The summed E-state index contributed by atoms with van der Waals surface area (Å²) in [6.07, 6.45) is 0. The lowest BCUT2D eigenvalue weighted by molar-refractivity contribution is -0.116. The monoisotopic (exact) mass is 341 g/mol. The highest BCUT2D eigenvalue weighted by Gasteiger charge is 2.14. The maximum Gasteiger partial charge on any atom is 0.246 e. The number of hydrogen-bond acceptors (Lipinski definition) is 4. The van der Waals surface area contributed by atoms with Crippen LogP contribution in [0, 0.1) is 13.8 Å². The molecule has 6 nitrogen and oxygen atoms in total. The molecule has 0 bridgehead atoms. The largest absolute Gasteiger partial charge is 0.324 e. The summed E-state index contributed by atoms with van der Waals surface area (Å²) in [6, 6.07) is 10.1. The molecule has 0 spiro atoms. The van der Waals surface area contributed by atoms with Crippen LogP contribution >= 0.6 is 0 Å². The second-order valence-electron chi connectivity index (χ2n) is 6.91. The van der Waals surface area contributed by atoms with Gasteiger partial charge in [-0.1, -0.05) is 12.1 Å². The molecule has 1 aromatic carbocycles. The molecule has 1 amide bonds. The van der Waals surface area contributed by atoms with Gasteiger partial charge in [-0.05, 0) is 44.7 Å². The molecule has 0 unspecified atom stereocenters. The normalized spacial score (nSPS) is 16.1. The van der Waals surface area contributed by atoms with Crippen LogP contribution in [0.4, 0.5) is 5.69 Å². The molecular weight excluding hydrogens is 314 g/mol. The molecule has 0 atom stereocenters. The van der Waals surface area contributed by atoms with E-state index in [-0.39, 0.29) is 12.5 Å². The summed E-state index contributed by atoms with van der Waals surface area (Å²) < 4.78 is 1.73. The lowest BCUT2D eigenvalue weighted by Crippen LogP contribution is -2.43. The van der Waals surface area contributed by atoms with Gasteiger partial charge in [0.25, 0.3) is 0 Å². The standard InChI is InChI=1S/C19H27N5O/c1-15-12-16(2)24(21-15)14-19(25)20-18-6-4-17(5-7-18)13-23-10-8-22(3)9-11-23/h4-7,12H,8-11,13-14H2,1-3H3,(H,20,25). The second kappa shape index (κ2) is 7.80. The molecule has 1 fully saturated rings. The molecule has 0 radical (unpaired) electrons. The number of nitrogens with zero attached hydrogens (tertiary/aromatic N) is 4. The lowest BCUT2D eigenvalue weighted by atomic mass is 10.2. The number of aromatic nitrogens is 2. The molecule has 1 N–H and O–H groups in total. The number of nitrogens with one attached hydrogen (secondary N) is 1. The highest BCUT2D eigenvalue weighted by Crippen LogP contribution is 2.13. The summed E-state index contributed by atoms with van der Waals surface area (Å²) in [5.41, 5.74) is 4.03. The van der Waals surface area contributed by atoms with E-state index in [2.05, 4.69) is 39.4 Å². The predicted molar refractivity (Wildman–Crippen MR) is 99.5 cm³/mol. The Morgan fingerprint density at radius 3 is 2.40 bits per heavy atom. The maximum atomic E-state index is 12.2. The van der Waals surface area contributed by atoms with Crippen LogP contribution in [0.3, 0.4) is 0 Å². The Hall–Kier alpha value is -2.18. The van der Waals surface area contributed by atoms with Gasteiger partial charge in [0, 0.05) is 44.1 Å². The average molecular weight is 341 g/mol. The van der Waals surface area contributed by atoms with E-state index in [0.717, 1.165) is 49.8 Å². The van der Waals surface area contributed by atoms with Gasteiger partial charge in [0.05, 0.1) is 5.69 Å². The summed E-state index contributed by atoms with van der Waals surface area (Å²) >= 11 is 0. The van der Waals surface area contributed by atoms with Crippen molar-refractivity contribution in [1.82, 2.24) is 19.6 Å². The third-order valence-corrected chi connectivity index (χ3v) is 4.64. The summed E-state index contributed by atoms with van der Waals surface area (Å²) in [6.45, 7) is 9.56. The van der Waals surface area contributed by atoms with Crippen molar-refractivity contribution >= 4 is 11.6 Å². The van der Waals surface area contributed by atoms with Crippen LogP contribution in [0.1, 0.15) is 17.0 Å². The van der Waals surface area contributed by atoms with Gasteiger partial charge in [0.1, 0.15) is 6.54 Å². The van der Waals surface area contributed by atoms with Crippen molar-refractivity contribution in [2.75, 3.05) is 38.5 Å². The van der Waals surface area contributed by atoms with Crippen molar-refractivity contribution in [1.29, 1.82) is 0 Å². The third-order valence-electron chi connectivity index (χ3n) is 4.64. The first-order valence-corrected chi connectivity index (χ1v) is 8.80. The molecule has 0 saturated carbocycles. The molecule has 1 aromatic heterocycles. The van der Waals surface area contributed by atoms with Gasteiger partial charge < -0.3 is 10.2 Å². The van der Waals surface area contributed by atoms with Crippen molar-refractivity contribution < 1.29 is 4.79 Å². The molecule has 2 heterocycles. The highest BCUT2D eigenvalue weighted by atomic mass is 16.2. The first kappa shape index (κ1) is 17.6. The van der Waals surface area contributed by atoms with Crippen molar-refractivity contribution in [3.63, 3.8) is 0 Å². The smallest absolute Gasteiger partial charge is 0.246 e. The van der Waals surface area contributed by atoms with Gasteiger partial charge in [-0.15, -0.1) is 0 Å². The van der Waals surface area contributed by atoms with E-state index in [1.807, 2.05) is 32.0 Å². The SMILES string of the molecule is Cc1cc(C)n(CC(=O)Nc2ccc(CN3CCN(C)CC3)cc2)n1. The number of likely N-dealkylation sites (N-methyl/N-ethyl adjacent to an activating group) is 1. The van der Waals surface area contributed by atoms with Crippen LogP contribution in [-0.4, -0.2) is 58.7 Å². The Balaban J connectivity index is 1.51. The summed E-state index contributed by atoms with van der Waals surface area (Å²) in [5, 5.41) is 7.27. The second-order valence-corrected chi connectivity index (χ2v) is 6.91. The van der Waals surface area contributed by atoms with Gasteiger partial charge in [-0.25, -0.2) is 0 Å². The van der Waals surface area contributed by atoms with Crippen LogP contribution in [0.2, 0.25) is 0 Å². The third kappa shape index (κ3) is 4.90. The Morgan fingerprint density at radius 1 is 1.12 bits per heavy atom. The minimum absolute atomic E-state index is 0.0574. The molecule has 1 aliphatic rings. The maximum absolute atomic E-state index is 12.2. The van der Waals surface area contributed by atoms with Crippen molar-refractivity contribution in [2.24, 2.45) is 0 Å². The lowest BCUT2D eigenvalue weighted by Gasteiger charge is -2.32. The van der Waals surface area contributed by atoms with E-state index in [0.29, 0.717) is 0 Å². The fourth-order valence-corrected chi connectivity index (χ4v) is 3.13. The summed E-state index contributed by atoms with van der Waals surface area (Å²) in [5.74, 6) is -0.0574. The number of benzene rings is 1. The van der Waals surface area contributed by atoms with Gasteiger partial charge in [0.15, 0.2) is 0 Å². The van der Waals surface area contributed by atoms with E-state index in [9.17, 15) is 4.79 Å². The van der Waals surface area contributed by atoms with Crippen molar-refractivity contribution in [3.05, 3.63) is 47.3 Å². The predicted octanol–water partition coefficient (Wildman–Crippen LogP) is 1.89. The Kier molecular flexibility index (Phi) is 5.50. The number of aryl methyl sites for hydroxylation is 2. The zero-order chi connectivity index (χ0) is 17.8. The number of carbonyl (C=O) groups is 1. The number of carbonyl (C=O) groups excluding carboxylic acids is 1. The molecular formula is C19H27N5O. The van der Waals surface area contributed by atoms with Gasteiger partial charge in [-0.3, -0.25) is 14.4 Å². The topological polar surface area (TPSA) is 53.4 Å². The Labute approximate surface area is 149 Å². The number of rotatable bonds is 5. The van der Waals surface area contributed by atoms with Gasteiger partial charge in [-0.2, -0.15) is 5.10 Å². The van der Waals surface area contributed by atoms with E-state index >= 15 is 0 Å². The number of piperazine rings is 1. The first-order valence-electron chi connectivity index (χ1n) is 8.80. The highest BCUT2D eigenvalue weighted by molar-refractivity contribution is 5.90. The summed E-state index contributed by atoms with van der Waals surface area (Å²) in [4.78, 5) is 17.0. The van der Waals surface area contributed by atoms with E-state index in [1.54, 1.807) is 4.68 Å². The zero-order valence-electron chi connectivity index (χ0n) is 15.3. The number of anilines is 1. The fourth-order valence-electron chi connectivity index (χ4n) is 3.13. The number of amides is 1. The molecule has 134 valence electrons. The van der Waals surface area contributed by atoms with Crippen molar-refractivity contribution in [2.45, 2.75) is 26.9 Å². The molecule has 25 heavy (non-hydrogen) atoms. The van der Waals surface area contributed by atoms with Gasteiger partial charge in [0.2, 0.25) is 5.91 Å². The minimum atomic E-state index is -0.0574. The van der Waals surface area contributed by atoms with Crippen LogP contribution in [0.25, 0.3) is 0 Å². The van der Waals surface area contributed by atoms with E-state index < -0.39 is 0 Å². The minimum Gasteiger partial charge on any atom is -0.324 e.